The van der Waals surface area contributed by atoms with E-state index in [1.54, 1.807) is 56.3 Å². The van der Waals surface area contributed by atoms with Crippen molar-refractivity contribution in [3.05, 3.63) is 69.7 Å². The molecule has 2 aromatic rings. The van der Waals surface area contributed by atoms with Crippen molar-refractivity contribution in [2.24, 2.45) is 5.92 Å². The number of hydrogen-bond donors (Lipinski definition) is 4. The first-order chi connectivity index (χ1) is 19.4. The minimum absolute atomic E-state index is 0.00600. The monoisotopic (exact) mass is 609 g/mol. The van der Waals surface area contributed by atoms with Gasteiger partial charge in [0.15, 0.2) is 5.78 Å². The molecule has 0 aromatic heterocycles. The van der Waals surface area contributed by atoms with Crippen molar-refractivity contribution in [1.29, 1.82) is 0 Å². The van der Waals surface area contributed by atoms with Crippen LogP contribution in [0.4, 0.5) is 4.79 Å². The first-order valence-corrected chi connectivity index (χ1v) is 13.5. The van der Waals surface area contributed by atoms with Gasteiger partial charge in [0.2, 0.25) is 11.8 Å². The number of hydrogen-bond acceptors (Lipinski definition) is 7. The second kappa shape index (κ2) is 16.6. The second-order valence-electron chi connectivity index (χ2n) is 9.48. The fourth-order valence-electron chi connectivity index (χ4n) is 3.54. The molecule has 4 N–H and O–H groups in total. The molecule has 41 heavy (non-hydrogen) atoms. The number of amides is 3. The lowest BCUT2D eigenvalue weighted by Gasteiger charge is -2.24. The maximum absolute atomic E-state index is 12.9. The molecule has 2 aromatic carbocycles. The molecule has 0 heterocycles. The summed E-state index contributed by atoms with van der Waals surface area (Å²) in [6, 6.07) is 10.2. The lowest BCUT2D eigenvalue weighted by atomic mass is 10.0. The normalized spacial score (nSPS) is 13.0. The quantitative estimate of drug-likeness (QED) is 0.239. The molecule has 0 saturated carbocycles. The molecular formula is C28H33Cl2N3O8. The summed E-state index contributed by atoms with van der Waals surface area (Å²) in [6.45, 7) is 4.13. The minimum Gasteiger partial charge on any atom is -0.481 e. The van der Waals surface area contributed by atoms with E-state index in [-0.39, 0.29) is 19.1 Å². The van der Waals surface area contributed by atoms with Gasteiger partial charge in [-0.25, -0.2) is 4.79 Å². The van der Waals surface area contributed by atoms with Gasteiger partial charge in [-0.05, 0) is 30.5 Å². The Morgan fingerprint density at radius 1 is 0.829 bits per heavy atom. The topological polar surface area (TPSA) is 160 Å². The summed E-state index contributed by atoms with van der Waals surface area (Å²) in [6.07, 6.45) is -1.52. The van der Waals surface area contributed by atoms with Crippen LogP contribution in [0.5, 0.6) is 0 Å². The highest BCUT2D eigenvalue weighted by atomic mass is 35.5. The van der Waals surface area contributed by atoms with E-state index in [0.29, 0.717) is 15.6 Å². The lowest BCUT2D eigenvalue weighted by molar-refractivity contribution is -0.141. The van der Waals surface area contributed by atoms with Crippen LogP contribution < -0.4 is 16.0 Å². The standard InChI is InChI=1S/C28H33Cl2N3O8/c1-16(2)25(33-28(39)41-13-18-8-5-4-6-9-18)27(38)31-17(3)26(37)32-22(12-24(35)36)23(34)15-40-14-19-20(29)10-7-11-21(19)30/h4-11,16-17,22,25H,12-15H2,1-3H3,(H,31,38)(H,32,37)(H,33,39)(H,35,36). The van der Waals surface area contributed by atoms with Gasteiger partial charge in [-0.1, -0.05) is 73.4 Å². The lowest BCUT2D eigenvalue weighted by Crippen LogP contribution is -2.56. The maximum Gasteiger partial charge on any atom is 0.408 e. The highest BCUT2D eigenvalue weighted by Crippen LogP contribution is 2.24. The van der Waals surface area contributed by atoms with Gasteiger partial charge in [0.25, 0.3) is 0 Å². The van der Waals surface area contributed by atoms with Gasteiger partial charge in [0.1, 0.15) is 31.3 Å². The number of carboxylic acid groups (broad SMARTS) is 1. The number of alkyl carbamates (subject to hydrolysis) is 1. The van der Waals surface area contributed by atoms with Crippen molar-refractivity contribution < 1.29 is 38.6 Å². The summed E-state index contributed by atoms with van der Waals surface area (Å²) in [7, 11) is 0. The zero-order valence-electron chi connectivity index (χ0n) is 22.8. The number of nitrogens with one attached hydrogen (secondary N) is 3. The number of ketones is 1. The van der Waals surface area contributed by atoms with Crippen LogP contribution in [0.2, 0.25) is 10.0 Å². The van der Waals surface area contributed by atoms with Crippen molar-refractivity contribution in [2.45, 2.75) is 58.5 Å². The summed E-state index contributed by atoms with van der Waals surface area (Å²) >= 11 is 12.2. The van der Waals surface area contributed by atoms with Gasteiger partial charge >= 0.3 is 12.1 Å². The fraction of sp³-hybridized carbons (Fsp3) is 0.393. The van der Waals surface area contributed by atoms with E-state index < -0.39 is 60.8 Å². The third kappa shape index (κ3) is 11.4. The first-order valence-electron chi connectivity index (χ1n) is 12.7. The van der Waals surface area contributed by atoms with Crippen LogP contribution in [-0.4, -0.2) is 59.5 Å². The molecule has 3 unspecified atom stereocenters. The number of carbonyl (C=O) groups excluding carboxylic acids is 4. The average Bonchev–Trinajstić information content (AvgIpc) is 2.91. The van der Waals surface area contributed by atoms with Crippen LogP contribution in [0, 0.1) is 5.92 Å². The number of carboxylic acids is 1. The summed E-state index contributed by atoms with van der Waals surface area (Å²) in [4.78, 5) is 62.0. The SMILES string of the molecule is CC(NC(=O)C(NC(=O)OCc1ccccc1)C(C)C)C(=O)NC(CC(=O)O)C(=O)COCc1c(Cl)cccc1Cl. The zero-order chi connectivity index (χ0) is 30.5. The molecule has 11 nitrogen and oxygen atoms in total. The van der Waals surface area contributed by atoms with E-state index in [9.17, 15) is 29.1 Å². The van der Waals surface area contributed by atoms with Crippen molar-refractivity contribution in [3.63, 3.8) is 0 Å². The molecule has 0 aliphatic heterocycles. The molecule has 13 heteroatoms. The molecule has 0 aliphatic carbocycles. The number of aliphatic carboxylic acids is 1. The van der Waals surface area contributed by atoms with E-state index in [1.165, 1.54) is 6.92 Å². The Morgan fingerprint density at radius 2 is 1.46 bits per heavy atom. The molecule has 0 bridgehead atoms. The molecule has 3 amide bonds. The number of carbonyl (C=O) groups is 5. The first kappa shape index (κ1) is 33.5. The van der Waals surface area contributed by atoms with Gasteiger partial charge < -0.3 is 30.5 Å². The second-order valence-corrected chi connectivity index (χ2v) is 10.3. The smallest absolute Gasteiger partial charge is 0.408 e. The third-order valence-electron chi connectivity index (χ3n) is 5.82. The van der Waals surface area contributed by atoms with E-state index >= 15 is 0 Å². The average molecular weight is 610 g/mol. The summed E-state index contributed by atoms with van der Waals surface area (Å²) < 4.78 is 10.5. The Balaban J connectivity index is 1.93. The number of halogens is 2. The highest BCUT2D eigenvalue weighted by molar-refractivity contribution is 6.35. The van der Waals surface area contributed by atoms with E-state index in [1.807, 2.05) is 6.07 Å². The predicted octanol–water partition coefficient (Wildman–Crippen LogP) is 3.49. The Hall–Kier alpha value is -3.67. The zero-order valence-corrected chi connectivity index (χ0v) is 24.3. The van der Waals surface area contributed by atoms with Gasteiger partial charge in [-0.2, -0.15) is 0 Å². The van der Waals surface area contributed by atoms with Gasteiger partial charge in [0, 0.05) is 15.6 Å². The molecule has 0 radical (unpaired) electrons. The summed E-state index contributed by atoms with van der Waals surface area (Å²) in [5.74, 6) is -3.86. The summed E-state index contributed by atoms with van der Waals surface area (Å²) in [5.41, 5.74) is 1.22. The highest BCUT2D eigenvalue weighted by Gasteiger charge is 2.30. The Bertz CT molecular complexity index is 1210. The van der Waals surface area contributed by atoms with Crippen LogP contribution >= 0.6 is 23.2 Å². The minimum atomic E-state index is -1.42. The Kier molecular flexibility index (Phi) is 13.5. The molecule has 2 rings (SSSR count). The largest absolute Gasteiger partial charge is 0.481 e. The van der Waals surface area contributed by atoms with E-state index in [4.69, 9.17) is 32.7 Å². The molecule has 0 aliphatic rings. The Morgan fingerprint density at radius 3 is 2.05 bits per heavy atom. The third-order valence-corrected chi connectivity index (χ3v) is 6.53. The van der Waals surface area contributed by atoms with Gasteiger partial charge in [-0.15, -0.1) is 0 Å². The van der Waals surface area contributed by atoms with Crippen molar-refractivity contribution >= 4 is 52.9 Å². The van der Waals surface area contributed by atoms with Crippen molar-refractivity contribution in [2.75, 3.05) is 6.61 Å². The molecule has 0 saturated heterocycles. The van der Waals surface area contributed by atoms with Crippen LogP contribution in [0.1, 0.15) is 38.3 Å². The number of Topliss-reactive ketones (excluding diaryl/α,β-unsaturated/α-hetero) is 1. The van der Waals surface area contributed by atoms with E-state index in [0.717, 1.165) is 5.56 Å². The molecule has 3 atom stereocenters. The molecule has 222 valence electrons. The van der Waals surface area contributed by atoms with Gasteiger partial charge in [-0.3, -0.25) is 19.2 Å². The van der Waals surface area contributed by atoms with Crippen LogP contribution in [-0.2, 0) is 41.9 Å². The Labute approximate surface area is 247 Å². The molecule has 0 fully saturated rings. The molecular weight excluding hydrogens is 577 g/mol. The van der Waals surface area contributed by atoms with Crippen LogP contribution in [0.15, 0.2) is 48.5 Å². The van der Waals surface area contributed by atoms with Crippen molar-refractivity contribution in [3.8, 4) is 0 Å². The number of benzene rings is 2. The maximum atomic E-state index is 12.9. The molecule has 0 spiro atoms. The van der Waals surface area contributed by atoms with Crippen LogP contribution in [0.25, 0.3) is 0 Å². The van der Waals surface area contributed by atoms with Crippen molar-refractivity contribution in [1.82, 2.24) is 16.0 Å². The van der Waals surface area contributed by atoms with Crippen LogP contribution in [0.3, 0.4) is 0 Å². The number of rotatable bonds is 15. The summed E-state index contributed by atoms with van der Waals surface area (Å²) in [5, 5.41) is 17.2. The number of ether oxygens (including phenoxy) is 2. The van der Waals surface area contributed by atoms with Gasteiger partial charge in [0.05, 0.1) is 13.0 Å². The fourth-order valence-corrected chi connectivity index (χ4v) is 4.04. The predicted molar refractivity (Wildman–Crippen MR) is 151 cm³/mol. The van der Waals surface area contributed by atoms with E-state index in [2.05, 4.69) is 16.0 Å².